The molecule has 0 bridgehead atoms. The maximum absolute atomic E-state index is 12.3. The molecule has 2 amide bonds. The smallest absolute Gasteiger partial charge is 0.325 e. The van der Waals surface area contributed by atoms with Crippen LogP contribution in [0.3, 0.4) is 0 Å². The minimum absolute atomic E-state index is 0.0518. The standard InChI is InChI=1S/C18H24N2O7S/c1-3-20(13-8-9-28(24,25)12-13)16(21)11-27-17(22)10-19-18(23)14-6-4-5-7-15(14)26-2/h4-7,13H,3,8-12H2,1-2H3,(H,19,23)/t13-/m0/s1. The molecule has 1 aromatic carbocycles. The van der Waals surface area contributed by atoms with E-state index < -0.39 is 46.8 Å². The zero-order valence-electron chi connectivity index (χ0n) is 15.8. The Morgan fingerprint density at radius 1 is 1.25 bits per heavy atom. The summed E-state index contributed by atoms with van der Waals surface area (Å²) in [4.78, 5) is 37.6. The fourth-order valence-electron chi connectivity index (χ4n) is 3.02. The van der Waals surface area contributed by atoms with Crippen LogP contribution in [0.5, 0.6) is 5.75 Å². The minimum Gasteiger partial charge on any atom is -0.496 e. The Labute approximate surface area is 163 Å². The van der Waals surface area contributed by atoms with Gasteiger partial charge in [0.1, 0.15) is 12.3 Å². The topological polar surface area (TPSA) is 119 Å². The van der Waals surface area contributed by atoms with E-state index in [2.05, 4.69) is 5.32 Å². The fourth-order valence-corrected chi connectivity index (χ4v) is 4.75. The molecule has 154 valence electrons. The number of rotatable bonds is 8. The second-order valence-electron chi connectivity index (χ2n) is 6.28. The molecule has 10 heteroatoms. The molecule has 0 aliphatic carbocycles. The first kappa shape index (κ1) is 21.7. The first-order valence-corrected chi connectivity index (χ1v) is 10.7. The van der Waals surface area contributed by atoms with Crippen molar-refractivity contribution >= 4 is 27.6 Å². The second-order valence-corrected chi connectivity index (χ2v) is 8.51. The zero-order valence-corrected chi connectivity index (χ0v) is 16.7. The summed E-state index contributed by atoms with van der Waals surface area (Å²) in [5.41, 5.74) is 0.272. The molecule has 2 rings (SSSR count). The van der Waals surface area contributed by atoms with Gasteiger partial charge in [-0.1, -0.05) is 12.1 Å². The summed E-state index contributed by atoms with van der Waals surface area (Å²) < 4.78 is 33.2. The van der Waals surface area contributed by atoms with Gasteiger partial charge < -0.3 is 19.7 Å². The average Bonchev–Trinajstić information content (AvgIpc) is 3.04. The van der Waals surface area contributed by atoms with Gasteiger partial charge in [-0.05, 0) is 25.5 Å². The van der Waals surface area contributed by atoms with E-state index in [0.29, 0.717) is 18.7 Å². The molecule has 0 spiro atoms. The van der Waals surface area contributed by atoms with E-state index in [4.69, 9.17) is 9.47 Å². The van der Waals surface area contributed by atoms with Crippen LogP contribution in [-0.4, -0.2) is 75.5 Å². The summed E-state index contributed by atoms with van der Waals surface area (Å²) in [5, 5.41) is 2.41. The summed E-state index contributed by atoms with van der Waals surface area (Å²) in [6.07, 6.45) is 0.380. The summed E-state index contributed by atoms with van der Waals surface area (Å²) in [7, 11) is -1.69. The van der Waals surface area contributed by atoms with Gasteiger partial charge in [0.25, 0.3) is 11.8 Å². The highest BCUT2D eigenvalue weighted by atomic mass is 32.2. The molecule has 1 N–H and O–H groups in total. The van der Waals surface area contributed by atoms with Crippen LogP contribution in [-0.2, 0) is 24.2 Å². The number of esters is 1. The normalized spacial score (nSPS) is 17.6. The Morgan fingerprint density at radius 3 is 2.57 bits per heavy atom. The number of amides is 2. The largest absolute Gasteiger partial charge is 0.496 e. The molecular formula is C18H24N2O7S. The number of carbonyl (C=O) groups is 3. The van der Waals surface area contributed by atoms with E-state index in [1.54, 1.807) is 31.2 Å². The molecule has 28 heavy (non-hydrogen) atoms. The Hall–Kier alpha value is -2.62. The van der Waals surface area contributed by atoms with Crippen LogP contribution >= 0.6 is 0 Å². The van der Waals surface area contributed by atoms with Gasteiger partial charge in [-0.3, -0.25) is 14.4 Å². The van der Waals surface area contributed by atoms with E-state index in [1.165, 1.54) is 12.0 Å². The van der Waals surface area contributed by atoms with Crippen molar-refractivity contribution < 1.29 is 32.3 Å². The fraction of sp³-hybridized carbons (Fsp3) is 0.500. The quantitative estimate of drug-likeness (QED) is 0.597. The molecule has 0 aromatic heterocycles. The molecule has 0 unspecified atom stereocenters. The SMILES string of the molecule is CCN(C(=O)COC(=O)CNC(=O)c1ccccc1OC)[C@H]1CCS(=O)(=O)C1. The third-order valence-electron chi connectivity index (χ3n) is 4.41. The van der Waals surface area contributed by atoms with Crippen LogP contribution in [0.1, 0.15) is 23.7 Å². The minimum atomic E-state index is -3.13. The van der Waals surface area contributed by atoms with Crippen LogP contribution < -0.4 is 10.1 Å². The molecule has 1 fully saturated rings. The molecule has 1 atom stereocenters. The molecule has 0 saturated carbocycles. The van der Waals surface area contributed by atoms with Gasteiger partial charge in [-0.25, -0.2) is 8.42 Å². The first-order chi connectivity index (χ1) is 13.3. The van der Waals surface area contributed by atoms with E-state index in [1.807, 2.05) is 0 Å². The number of para-hydroxylation sites is 1. The number of hydrogen-bond acceptors (Lipinski definition) is 7. The predicted octanol–water partition coefficient (Wildman–Crippen LogP) is 0.00380. The van der Waals surface area contributed by atoms with Crippen LogP contribution in [0.2, 0.25) is 0 Å². The zero-order chi connectivity index (χ0) is 20.7. The molecule has 1 heterocycles. The van der Waals surface area contributed by atoms with Crippen molar-refractivity contribution in [2.24, 2.45) is 0 Å². The third kappa shape index (κ3) is 5.69. The maximum Gasteiger partial charge on any atom is 0.325 e. The Bertz CT molecular complexity index is 838. The highest BCUT2D eigenvalue weighted by molar-refractivity contribution is 7.91. The van der Waals surface area contributed by atoms with Crippen molar-refractivity contribution in [1.82, 2.24) is 10.2 Å². The Morgan fingerprint density at radius 2 is 1.96 bits per heavy atom. The Balaban J connectivity index is 1.81. The number of likely N-dealkylation sites (N-methyl/N-ethyl adjacent to an activating group) is 1. The van der Waals surface area contributed by atoms with Crippen molar-refractivity contribution in [1.29, 1.82) is 0 Å². The lowest BCUT2D eigenvalue weighted by Crippen LogP contribution is -2.43. The van der Waals surface area contributed by atoms with Gasteiger partial charge in [-0.2, -0.15) is 0 Å². The van der Waals surface area contributed by atoms with Crippen LogP contribution in [0.4, 0.5) is 0 Å². The van der Waals surface area contributed by atoms with Gasteiger partial charge in [-0.15, -0.1) is 0 Å². The number of nitrogens with one attached hydrogen (secondary N) is 1. The van der Waals surface area contributed by atoms with Gasteiger partial charge in [0, 0.05) is 12.6 Å². The molecule has 1 aliphatic heterocycles. The van der Waals surface area contributed by atoms with Crippen molar-refractivity contribution in [3.8, 4) is 5.75 Å². The lowest BCUT2D eigenvalue weighted by Gasteiger charge is -2.26. The summed E-state index contributed by atoms with van der Waals surface area (Å²) in [6.45, 7) is 1.14. The molecular weight excluding hydrogens is 388 g/mol. The maximum atomic E-state index is 12.3. The molecule has 1 aliphatic rings. The van der Waals surface area contributed by atoms with Gasteiger partial charge in [0.2, 0.25) is 0 Å². The van der Waals surface area contributed by atoms with E-state index in [0.717, 1.165) is 0 Å². The molecule has 1 saturated heterocycles. The number of carbonyl (C=O) groups excluding carboxylic acids is 3. The summed E-state index contributed by atoms with van der Waals surface area (Å²) >= 11 is 0. The van der Waals surface area contributed by atoms with Gasteiger partial charge in [0.15, 0.2) is 16.4 Å². The highest BCUT2D eigenvalue weighted by Crippen LogP contribution is 2.18. The van der Waals surface area contributed by atoms with E-state index in [-0.39, 0.29) is 17.1 Å². The average molecular weight is 412 g/mol. The van der Waals surface area contributed by atoms with Crippen molar-refractivity contribution in [3.63, 3.8) is 0 Å². The van der Waals surface area contributed by atoms with Gasteiger partial charge in [0.05, 0.1) is 24.2 Å². The first-order valence-electron chi connectivity index (χ1n) is 8.84. The summed E-state index contributed by atoms with van der Waals surface area (Å²) in [6, 6.07) is 6.15. The van der Waals surface area contributed by atoms with Gasteiger partial charge >= 0.3 is 5.97 Å². The lowest BCUT2D eigenvalue weighted by atomic mass is 10.2. The number of nitrogens with zero attached hydrogens (tertiary/aromatic N) is 1. The van der Waals surface area contributed by atoms with Crippen LogP contribution in [0.25, 0.3) is 0 Å². The second kappa shape index (κ2) is 9.54. The number of benzene rings is 1. The van der Waals surface area contributed by atoms with E-state index >= 15 is 0 Å². The number of hydrogen-bond donors (Lipinski definition) is 1. The monoisotopic (exact) mass is 412 g/mol. The lowest BCUT2D eigenvalue weighted by molar-refractivity contribution is -0.151. The number of ether oxygens (including phenoxy) is 2. The van der Waals surface area contributed by atoms with E-state index in [9.17, 15) is 22.8 Å². The van der Waals surface area contributed by atoms with Crippen molar-refractivity contribution in [2.75, 3.05) is 38.3 Å². The predicted molar refractivity (Wildman–Crippen MR) is 101 cm³/mol. The number of sulfone groups is 1. The molecule has 0 radical (unpaired) electrons. The number of methoxy groups -OCH3 is 1. The third-order valence-corrected chi connectivity index (χ3v) is 6.16. The molecule has 9 nitrogen and oxygen atoms in total. The van der Waals surface area contributed by atoms with Crippen LogP contribution in [0, 0.1) is 0 Å². The van der Waals surface area contributed by atoms with Crippen LogP contribution in [0.15, 0.2) is 24.3 Å². The highest BCUT2D eigenvalue weighted by Gasteiger charge is 2.34. The Kier molecular flexibility index (Phi) is 7.38. The molecule has 1 aromatic rings. The van der Waals surface area contributed by atoms with Crippen molar-refractivity contribution in [2.45, 2.75) is 19.4 Å². The van der Waals surface area contributed by atoms with Crippen molar-refractivity contribution in [3.05, 3.63) is 29.8 Å². The summed E-state index contributed by atoms with van der Waals surface area (Å²) in [5.74, 6) is -1.40.